The van der Waals surface area contributed by atoms with Crippen LogP contribution in [0.4, 0.5) is 0 Å². The highest BCUT2D eigenvalue weighted by atomic mass is 16.1. The minimum absolute atomic E-state index is 0.0988. The van der Waals surface area contributed by atoms with Crippen LogP contribution in [0.3, 0.4) is 0 Å². The fourth-order valence-electron chi connectivity index (χ4n) is 4.95. The number of rotatable bonds is 5. The van der Waals surface area contributed by atoms with E-state index in [1.165, 1.54) is 32.1 Å². The molecule has 2 N–H and O–H groups in total. The van der Waals surface area contributed by atoms with Crippen LogP contribution < -0.4 is 10.6 Å². The molecule has 5 atom stereocenters. The van der Waals surface area contributed by atoms with Crippen molar-refractivity contribution in [2.45, 2.75) is 52.0 Å². The number of amides is 1. The Bertz CT molecular complexity index is 342. The number of fused-ring (bicyclic) bond motifs is 5. The van der Waals surface area contributed by atoms with Crippen molar-refractivity contribution in [2.75, 3.05) is 13.1 Å². The van der Waals surface area contributed by atoms with Gasteiger partial charge in [-0.1, -0.05) is 20.3 Å². The van der Waals surface area contributed by atoms with E-state index in [1.54, 1.807) is 0 Å². The van der Waals surface area contributed by atoms with Gasteiger partial charge in [-0.2, -0.15) is 0 Å². The van der Waals surface area contributed by atoms with Gasteiger partial charge in [-0.3, -0.25) is 4.79 Å². The average Bonchev–Trinajstić information content (AvgIpc) is 3.05. The number of hydrogen-bond acceptors (Lipinski definition) is 2. The average molecular weight is 264 g/mol. The van der Waals surface area contributed by atoms with Gasteiger partial charge >= 0.3 is 0 Å². The highest BCUT2D eigenvalue weighted by Crippen LogP contribution is 2.58. The molecule has 5 unspecified atom stereocenters. The van der Waals surface area contributed by atoms with E-state index in [0.717, 1.165) is 42.8 Å². The summed E-state index contributed by atoms with van der Waals surface area (Å²) in [6.45, 7) is 5.60. The molecule has 1 amide bonds. The van der Waals surface area contributed by atoms with Crippen LogP contribution in [0.5, 0.6) is 0 Å². The minimum atomic E-state index is 0.0988. The van der Waals surface area contributed by atoms with Gasteiger partial charge in [0.15, 0.2) is 0 Å². The summed E-state index contributed by atoms with van der Waals surface area (Å²) in [6.07, 6.45) is 7.33. The lowest BCUT2D eigenvalue weighted by molar-refractivity contribution is -0.123. The number of hydrogen-bond donors (Lipinski definition) is 2. The smallest absolute Gasteiger partial charge is 0.222 e. The van der Waals surface area contributed by atoms with Crippen molar-refractivity contribution in [3.63, 3.8) is 0 Å². The Morgan fingerprint density at radius 3 is 2.68 bits per heavy atom. The summed E-state index contributed by atoms with van der Waals surface area (Å²) in [5.41, 5.74) is 0. The molecule has 0 aromatic heterocycles. The van der Waals surface area contributed by atoms with Gasteiger partial charge in [-0.25, -0.2) is 0 Å². The predicted molar refractivity (Wildman–Crippen MR) is 76.7 cm³/mol. The van der Waals surface area contributed by atoms with E-state index in [1.807, 2.05) is 13.8 Å². The van der Waals surface area contributed by atoms with Gasteiger partial charge in [0.25, 0.3) is 0 Å². The maximum atomic E-state index is 11.5. The quantitative estimate of drug-likeness (QED) is 0.747. The third kappa shape index (κ3) is 2.54. The van der Waals surface area contributed by atoms with Gasteiger partial charge in [0.05, 0.1) is 0 Å². The summed E-state index contributed by atoms with van der Waals surface area (Å²) >= 11 is 0. The lowest BCUT2D eigenvalue weighted by Crippen LogP contribution is -2.43. The molecule has 0 saturated heterocycles. The van der Waals surface area contributed by atoms with Crippen LogP contribution in [-0.4, -0.2) is 25.0 Å². The van der Waals surface area contributed by atoms with Gasteiger partial charge in [0, 0.05) is 25.0 Å². The standard InChI is InChI=1S/C16H28N2O/c1-10(2)16(19)18-7-6-17-15-9-11-8-14(15)13-5-3-4-12(11)13/h10-15,17H,3-9H2,1-2H3,(H,18,19). The molecule has 0 aromatic rings. The van der Waals surface area contributed by atoms with Crippen molar-refractivity contribution in [3.05, 3.63) is 0 Å². The molecule has 2 bridgehead atoms. The van der Waals surface area contributed by atoms with E-state index >= 15 is 0 Å². The first-order valence-electron chi connectivity index (χ1n) is 8.18. The maximum absolute atomic E-state index is 11.5. The lowest BCUT2D eigenvalue weighted by Gasteiger charge is -2.32. The van der Waals surface area contributed by atoms with Crippen LogP contribution in [0.2, 0.25) is 0 Å². The molecule has 0 radical (unpaired) electrons. The van der Waals surface area contributed by atoms with E-state index in [4.69, 9.17) is 0 Å². The number of carbonyl (C=O) groups is 1. The molecular formula is C16H28N2O. The van der Waals surface area contributed by atoms with Crippen molar-refractivity contribution in [2.24, 2.45) is 29.6 Å². The Kier molecular flexibility index (Phi) is 3.84. The van der Waals surface area contributed by atoms with E-state index in [2.05, 4.69) is 10.6 Å². The summed E-state index contributed by atoms with van der Waals surface area (Å²) in [4.78, 5) is 11.5. The Morgan fingerprint density at radius 2 is 1.89 bits per heavy atom. The molecule has 3 heteroatoms. The zero-order chi connectivity index (χ0) is 13.4. The topological polar surface area (TPSA) is 41.1 Å². The second kappa shape index (κ2) is 5.43. The molecule has 3 rings (SSSR count). The predicted octanol–water partition coefficient (Wildman–Crippen LogP) is 2.17. The van der Waals surface area contributed by atoms with Crippen LogP contribution in [0.25, 0.3) is 0 Å². The fourth-order valence-corrected chi connectivity index (χ4v) is 4.95. The molecule has 0 aliphatic heterocycles. The Labute approximate surface area is 116 Å². The first-order valence-corrected chi connectivity index (χ1v) is 8.18. The highest BCUT2D eigenvalue weighted by Gasteiger charge is 2.53. The fraction of sp³-hybridized carbons (Fsp3) is 0.938. The Morgan fingerprint density at radius 1 is 1.11 bits per heavy atom. The first-order chi connectivity index (χ1) is 9.16. The molecule has 3 fully saturated rings. The minimum Gasteiger partial charge on any atom is -0.355 e. The molecule has 3 aliphatic carbocycles. The SMILES string of the molecule is CC(C)C(=O)NCCNC1CC2CC1C1CCCC21. The Hall–Kier alpha value is -0.570. The van der Waals surface area contributed by atoms with Crippen LogP contribution in [0, 0.1) is 29.6 Å². The largest absolute Gasteiger partial charge is 0.355 e. The third-order valence-corrected chi connectivity index (χ3v) is 5.78. The van der Waals surface area contributed by atoms with E-state index in [9.17, 15) is 4.79 Å². The lowest BCUT2D eigenvalue weighted by atomic mass is 9.79. The molecule has 3 saturated carbocycles. The molecule has 19 heavy (non-hydrogen) atoms. The van der Waals surface area contributed by atoms with Crippen molar-refractivity contribution in [1.29, 1.82) is 0 Å². The third-order valence-electron chi connectivity index (χ3n) is 5.78. The monoisotopic (exact) mass is 264 g/mol. The molecule has 0 aromatic carbocycles. The molecule has 108 valence electrons. The zero-order valence-electron chi connectivity index (χ0n) is 12.3. The van der Waals surface area contributed by atoms with Crippen molar-refractivity contribution >= 4 is 5.91 Å². The van der Waals surface area contributed by atoms with Gasteiger partial charge in [-0.15, -0.1) is 0 Å². The summed E-state index contributed by atoms with van der Waals surface area (Å²) in [5, 5.41) is 6.70. The van der Waals surface area contributed by atoms with Crippen molar-refractivity contribution in [1.82, 2.24) is 10.6 Å². The summed E-state index contributed by atoms with van der Waals surface area (Å²) in [7, 11) is 0. The highest BCUT2D eigenvalue weighted by molar-refractivity contribution is 5.77. The Balaban J connectivity index is 1.39. The van der Waals surface area contributed by atoms with Gasteiger partial charge in [-0.05, 0) is 49.4 Å². The van der Waals surface area contributed by atoms with Gasteiger partial charge in [0.1, 0.15) is 0 Å². The first kappa shape index (κ1) is 13.4. The summed E-state index contributed by atoms with van der Waals surface area (Å²) in [6, 6.07) is 0.736. The summed E-state index contributed by atoms with van der Waals surface area (Å²) < 4.78 is 0. The van der Waals surface area contributed by atoms with Gasteiger partial charge in [0.2, 0.25) is 5.91 Å². The molecule has 3 nitrogen and oxygen atoms in total. The molecule has 0 spiro atoms. The number of carbonyl (C=O) groups excluding carboxylic acids is 1. The van der Waals surface area contributed by atoms with E-state index in [-0.39, 0.29) is 11.8 Å². The van der Waals surface area contributed by atoms with E-state index < -0.39 is 0 Å². The normalized spacial score (nSPS) is 39.8. The number of nitrogens with one attached hydrogen (secondary N) is 2. The van der Waals surface area contributed by atoms with Crippen LogP contribution >= 0.6 is 0 Å². The van der Waals surface area contributed by atoms with E-state index in [0.29, 0.717) is 0 Å². The summed E-state index contributed by atoms with van der Waals surface area (Å²) in [5.74, 6) is 4.33. The zero-order valence-corrected chi connectivity index (χ0v) is 12.3. The molecular weight excluding hydrogens is 236 g/mol. The van der Waals surface area contributed by atoms with Gasteiger partial charge < -0.3 is 10.6 Å². The van der Waals surface area contributed by atoms with Crippen LogP contribution in [0.15, 0.2) is 0 Å². The maximum Gasteiger partial charge on any atom is 0.222 e. The van der Waals surface area contributed by atoms with Crippen molar-refractivity contribution < 1.29 is 4.79 Å². The van der Waals surface area contributed by atoms with Crippen molar-refractivity contribution in [3.8, 4) is 0 Å². The van der Waals surface area contributed by atoms with Crippen LogP contribution in [0.1, 0.15) is 46.0 Å². The second-order valence-corrected chi connectivity index (χ2v) is 7.16. The van der Waals surface area contributed by atoms with Crippen LogP contribution in [-0.2, 0) is 4.79 Å². The molecule has 3 aliphatic rings. The molecule has 0 heterocycles. The second-order valence-electron chi connectivity index (χ2n) is 7.16.